The van der Waals surface area contributed by atoms with Gasteiger partial charge in [-0.3, -0.25) is 0 Å². The predicted molar refractivity (Wildman–Crippen MR) is 69.6 cm³/mol. The third kappa shape index (κ3) is 3.23. The zero-order valence-electron chi connectivity index (χ0n) is 9.82. The number of aryl methyl sites for hydroxylation is 3. The molecular formula is C16H18. The highest BCUT2D eigenvalue weighted by Crippen LogP contribution is 2.09. The molecule has 0 heteroatoms. The fourth-order valence-electron chi connectivity index (χ4n) is 1.90. The van der Waals surface area contributed by atoms with E-state index < -0.39 is 0 Å². The van der Waals surface area contributed by atoms with Crippen molar-refractivity contribution >= 4 is 0 Å². The van der Waals surface area contributed by atoms with E-state index in [9.17, 15) is 0 Å². The molecule has 2 rings (SSSR count). The minimum atomic E-state index is 1.18. The van der Waals surface area contributed by atoms with E-state index >= 15 is 0 Å². The largest absolute Gasteiger partial charge is 0.0622 e. The van der Waals surface area contributed by atoms with Gasteiger partial charge in [-0.2, -0.15) is 0 Å². The van der Waals surface area contributed by atoms with E-state index in [1.165, 1.54) is 36.0 Å². The molecule has 0 aliphatic carbocycles. The van der Waals surface area contributed by atoms with Crippen LogP contribution in [0.5, 0.6) is 0 Å². The molecule has 0 unspecified atom stereocenters. The van der Waals surface area contributed by atoms with Gasteiger partial charge in [-0.1, -0.05) is 60.2 Å². The second-order valence-electron chi connectivity index (χ2n) is 4.32. The molecular weight excluding hydrogens is 192 g/mol. The zero-order valence-corrected chi connectivity index (χ0v) is 9.82. The van der Waals surface area contributed by atoms with Gasteiger partial charge in [-0.05, 0) is 37.3 Å². The third-order valence-corrected chi connectivity index (χ3v) is 2.89. The van der Waals surface area contributed by atoms with Crippen LogP contribution in [0.3, 0.4) is 0 Å². The summed E-state index contributed by atoms with van der Waals surface area (Å²) >= 11 is 0. The maximum absolute atomic E-state index is 2.24. The van der Waals surface area contributed by atoms with Crippen molar-refractivity contribution in [3.8, 4) is 0 Å². The van der Waals surface area contributed by atoms with Gasteiger partial charge in [-0.25, -0.2) is 0 Å². The van der Waals surface area contributed by atoms with Crippen molar-refractivity contribution in [2.45, 2.75) is 26.2 Å². The molecule has 0 nitrogen and oxygen atoms in total. The van der Waals surface area contributed by atoms with Gasteiger partial charge in [0.25, 0.3) is 0 Å². The van der Waals surface area contributed by atoms with Crippen LogP contribution in [0.15, 0.2) is 54.6 Å². The fourth-order valence-corrected chi connectivity index (χ4v) is 1.90. The quantitative estimate of drug-likeness (QED) is 0.710. The molecule has 2 aromatic carbocycles. The van der Waals surface area contributed by atoms with Crippen LogP contribution in [0.4, 0.5) is 0 Å². The maximum Gasteiger partial charge on any atom is -0.0276 e. The molecule has 0 bridgehead atoms. The summed E-state index contributed by atoms with van der Waals surface area (Å²) in [6.07, 6.45) is 3.58. The van der Waals surface area contributed by atoms with E-state index in [1.54, 1.807) is 0 Å². The molecule has 16 heavy (non-hydrogen) atoms. The molecule has 2 aromatic rings. The maximum atomic E-state index is 2.24. The summed E-state index contributed by atoms with van der Waals surface area (Å²) in [6, 6.07) is 19.6. The molecule has 0 spiro atoms. The Kier molecular flexibility index (Phi) is 3.76. The first-order valence-corrected chi connectivity index (χ1v) is 5.94. The third-order valence-electron chi connectivity index (χ3n) is 2.89. The molecule has 0 N–H and O–H groups in total. The van der Waals surface area contributed by atoms with Crippen LogP contribution in [0.1, 0.15) is 23.1 Å². The van der Waals surface area contributed by atoms with Crippen molar-refractivity contribution in [3.05, 3.63) is 71.3 Å². The Hall–Kier alpha value is -1.56. The van der Waals surface area contributed by atoms with Gasteiger partial charge in [0.05, 0.1) is 0 Å². The zero-order chi connectivity index (χ0) is 11.2. The molecule has 0 atom stereocenters. The van der Waals surface area contributed by atoms with Crippen molar-refractivity contribution in [3.63, 3.8) is 0 Å². The Morgan fingerprint density at radius 3 is 1.88 bits per heavy atom. The average Bonchev–Trinajstić information content (AvgIpc) is 2.33. The van der Waals surface area contributed by atoms with E-state index in [2.05, 4.69) is 61.5 Å². The van der Waals surface area contributed by atoms with E-state index in [-0.39, 0.29) is 0 Å². The van der Waals surface area contributed by atoms with Gasteiger partial charge in [-0.15, -0.1) is 0 Å². The van der Waals surface area contributed by atoms with Crippen LogP contribution >= 0.6 is 0 Å². The Morgan fingerprint density at radius 1 is 0.688 bits per heavy atom. The predicted octanol–water partition coefficient (Wildman–Crippen LogP) is 4.17. The van der Waals surface area contributed by atoms with Crippen LogP contribution in [-0.4, -0.2) is 0 Å². The van der Waals surface area contributed by atoms with Crippen LogP contribution < -0.4 is 0 Å². The van der Waals surface area contributed by atoms with E-state index in [0.29, 0.717) is 0 Å². The lowest BCUT2D eigenvalue weighted by Gasteiger charge is -2.02. The average molecular weight is 210 g/mol. The fraction of sp³-hybridized carbons (Fsp3) is 0.250. The van der Waals surface area contributed by atoms with Gasteiger partial charge in [0.2, 0.25) is 0 Å². The Bertz CT molecular complexity index is 412. The summed E-state index contributed by atoms with van der Waals surface area (Å²) in [5, 5.41) is 0. The van der Waals surface area contributed by atoms with Crippen LogP contribution in [0.2, 0.25) is 0 Å². The Balaban J connectivity index is 1.82. The number of hydrogen-bond acceptors (Lipinski definition) is 0. The molecule has 0 aliphatic heterocycles. The summed E-state index contributed by atoms with van der Waals surface area (Å²) in [7, 11) is 0. The van der Waals surface area contributed by atoms with Gasteiger partial charge < -0.3 is 0 Å². The molecule has 0 radical (unpaired) electrons. The summed E-state index contributed by atoms with van der Waals surface area (Å²) in [5.74, 6) is 0. The van der Waals surface area contributed by atoms with Crippen molar-refractivity contribution in [2.75, 3.05) is 0 Å². The smallest absolute Gasteiger partial charge is 0.0276 e. The molecule has 0 heterocycles. The van der Waals surface area contributed by atoms with Crippen molar-refractivity contribution in [1.82, 2.24) is 0 Å². The lowest BCUT2D eigenvalue weighted by molar-refractivity contribution is 0.820. The Labute approximate surface area is 97.9 Å². The molecule has 0 fully saturated rings. The minimum absolute atomic E-state index is 1.18. The molecule has 0 aromatic heterocycles. The van der Waals surface area contributed by atoms with Crippen LogP contribution in [0.25, 0.3) is 0 Å². The van der Waals surface area contributed by atoms with E-state index in [1.807, 2.05) is 0 Å². The molecule has 0 aliphatic rings. The first kappa shape index (κ1) is 10.9. The van der Waals surface area contributed by atoms with Gasteiger partial charge in [0, 0.05) is 0 Å². The summed E-state index contributed by atoms with van der Waals surface area (Å²) in [5.41, 5.74) is 4.22. The molecule has 0 amide bonds. The highest BCUT2D eigenvalue weighted by atomic mass is 14.0. The Morgan fingerprint density at radius 2 is 1.25 bits per heavy atom. The second-order valence-corrected chi connectivity index (χ2v) is 4.32. The monoisotopic (exact) mass is 210 g/mol. The number of hydrogen-bond donors (Lipinski definition) is 0. The highest BCUT2D eigenvalue weighted by molar-refractivity contribution is 5.21. The highest BCUT2D eigenvalue weighted by Gasteiger charge is 1.94. The molecule has 0 saturated heterocycles. The SMILES string of the molecule is Cc1ccc(CCCc2ccccc2)cc1. The topological polar surface area (TPSA) is 0 Å². The number of rotatable bonds is 4. The van der Waals surface area contributed by atoms with Gasteiger partial charge >= 0.3 is 0 Å². The first-order chi connectivity index (χ1) is 7.84. The first-order valence-electron chi connectivity index (χ1n) is 5.94. The van der Waals surface area contributed by atoms with Gasteiger partial charge in [0.15, 0.2) is 0 Å². The molecule has 0 saturated carbocycles. The summed E-state index contributed by atoms with van der Waals surface area (Å²) in [6.45, 7) is 2.13. The second kappa shape index (κ2) is 5.50. The molecule has 82 valence electrons. The lowest BCUT2D eigenvalue weighted by Crippen LogP contribution is -1.89. The van der Waals surface area contributed by atoms with Crippen LogP contribution in [0, 0.1) is 6.92 Å². The normalized spacial score (nSPS) is 10.3. The standard InChI is InChI=1S/C16H18/c1-14-10-12-16(13-11-14)9-5-8-15-6-3-2-4-7-15/h2-4,6-7,10-13H,5,8-9H2,1H3. The van der Waals surface area contributed by atoms with E-state index in [4.69, 9.17) is 0 Å². The lowest BCUT2D eigenvalue weighted by atomic mass is 10.0. The number of benzene rings is 2. The van der Waals surface area contributed by atoms with Crippen molar-refractivity contribution in [2.24, 2.45) is 0 Å². The minimum Gasteiger partial charge on any atom is -0.0622 e. The summed E-state index contributed by atoms with van der Waals surface area (Å²) in [4.78, 5) is 0. The van der Waals surface area contributed by atoms with Crippen molar-refractivity contribution in [1.29, 1.82) is 0 Å². The van der Waals surface area contributed by atoms with Crippen molar-refractivity contribution < 1.29 is 0 Å². The van der Waals surface area contributed by atoms with Gasteiger partial charge in [0.1, 0.15) is 0 Å². The van der Waals surface area contributed by atoms with E-state index in [0.717, 1.165) is 0 Å². The van der Waals surface area contributed by atoms with Crippen LogP contribution in [-0.2, 0) is 12.8 Å². The summed E-state index contributed by atoms with van der Waals surface area (Å²) < 4.78 is 0.